The highest BCUT2D eigenvalue weighted by atomic mass is 16.5. The Bertz CT molecular complexity index is 663. The topological polar surface area (TPSA) is 80.7 Å². The minimum atomic E-state index is -0.683. The van der Waals surface area contributed by atoms with E-state index in [0.717, 1.165) is 5.69 Å². The van der Waals surface area contributed by atoms with Crippen LogP contribution < -0.4 is 10.1 Å². The zero-order valence-electron chi connectivity index (χ0n) is 14.5. The predicted octanol–water partition coefficient (Wildman–Crippen LogP) is 2.35. The quantitative estimate of drug-likeness (QED) is 0.680. The minimum absolute atomic E-state index is 0.0305. The minimum Gasteiger partial charge on any atom is -0.491 e. The Hall–Kier alpha value is -2.44. The van der Waals surface area contributed by atoms with Crippen molar-refractivity contribution < 1.29 is 19.4 Å². The van der Waals surface area contributed by atoms with Gasteiger partial charge >= 0.3 is 5.97 Å². The maximum atomic E-state index is 11.7. The Balaban J connectivity index is 1.79. The van der Waals surface area contributed by atoms with Gasteiger partial charge in [0.1, 0.15) is 18.5 Å². The number of esters is 1. The van der Waals surface area contributed by atoms with Crippen molar-refractivity contribution in [2.24, 2.45) is 0 Å². The van der Waals surface area contributed by atoms with Gasteiger partial charge in [-0.05, 0) is 44.2 Å². The van der Waals surface area contributed by atoms with Crippen molar-refractivity contribution in [3.8, 4) is 5.75 Å². The third-order valence-corrected chi connectivity index (χ3v) is 3.58. The molecule has 6 heteroatoms. The number of aliphatic hydroxyl groups excluding tert-OH is 1. The van der Waals surface area contributed by atoms with Crippen molar-refractivity contribution >= 4 is 5.97 Å². The summed E-state index contributed by atoms with van der Waals surface area (Å²) in [7, 11) is 0. The molecule has 2 unspecified atom stereocenters. The van der Waals surface area contributed by atoms with Gasteiger partial charge in [-0.25, -0.2) is 4.79 Å². The van der Waals surface area contributed by atoms with Gasteiger partial charge in [-0.15, -0.1) is 0 Å². The van der Waals surface area contributed by atoms with Gasteiger partial charge < -0.3 is 19.9 Å². The van der Waals surface area contributed by atoms with Crippen LogP contribution in [0.1, 0.15) is 35.9 Å². The van der Waals surface area contributed by atoms with Crippen LogP contribution in [0.5, 0.6) is 5.75 Å². The second kappa shape index (κ2) is 9.76. The molecule has 2 rings (SSSR count). The number of nitrogens with one attached hydrogen (secondary N) is 1. The van der Waals surface area contributed by atoms with Crippen LogP contribution in [0.3, 0.4) is 0 Å². The monoisotopic (exact) mass is 344 g/mol. The summed E-state index contributed by atoms with van der Waals surface area (Å²) in [6.45, 7) is 4.55. The molecule has 25 heavy (non-hydrogen) atoms. The first-order chi connectivity index (χ1) is 12.1. The largest absolute Gasteiger partial charge is 0.491 e. The standard InChI is InChI=1S/C19H24N2O4/c1-3-24-19(23)15-7-6-8-17(11-15)25-13-16(22)12-21-14(2)18-9-4-5-10-20-18/h4-11,14,16,21-22H,3,12-13H2,1-2H3. The van der Waals surface area contributed by atoms with Gasteiger partial charge in [-0.3, -0.25) is 4.98 Å². The Morgan fingerprint density at radius 1 is 1.28 bits per heavy atom. The summed E-state index contributed by atoms with van der Waals surface area (Å²) in [4.78, 5) is 16.0. The van der Waals surface area contributed by atoms with E-state index in [1.165, 1.54) is 0 Å². The molecule has 0 bridgehead atoms. The fraction of sp³-hybridized carbons (Fsp3) is 0.368. The number of benzene rings is 1. The van der Waals surface area contributed by atoms with E-state index in [1.807, 2.05) is 25.1 Å². The Morgan fingerprint density at radius 3 is 2.84 bits per heavy atom. The van der Waals surface area contributed by atoms with Crippen LogP contribution in [0, 0.1) is 0 Å². The maximum Gasteiger partial charge on any atom is 0.338 e. The van der Waals surface area contributed by atoms with E-state index in [9.17, 15) is 9.90 Å². The van der Waals surface area contributed by atoms with Gasteiger partial charge in [0.2, 0.25) is 0 Å². The lowest BCUT2D eigenvalue weighted by Gasteiger charge is -2.17. The van der Waals surface area contributed by atoms with E-state index in [0.29, 0.717) is 24.5 Å². The molecule has 0 aliphatic rings. The van der Waals surface area contributed by atoms with Crippen LogP contribution in [0.25, 0.3) is 0 Å². The molecule has 0 radical (unpaired) electrons. The van der Waals surface area contributed by atoms with E-state index in [4.69, 9.17) is 9.47 Å². The number of aliphatic hydroxyl groups is 1. The molecule has 0 saturated carbocycles. The molecule has 2 aromatic rings. The van der Waals surface area contributed by atoms with E-state index in [2.05, 4.69) is 10.3 Å². The zero-order chi connectivity index (χ0) is 18.1. The Morgan fingerprint density at radius 2 is 2.12 bits per heavy atom. The Kier molecular flexibility index (Phi) is 7.37. The summed E-state index contributed by atoms with van der Waals surface area (Å²) >= 11 is 0. The third-order valence-electron chi connectivity index (χ3n) is 3.58. The first kappa shape index (κ1) is 18.9. The van der Waals surface area contributed by atoms with Gasteiger partial charge in [0.05, 0.1) is 17.9 Å². The van der Waals surface area contributed by atoms with Gasteiger partial charge in [-0.1, -0.05) is 12.1 Å². The number of nitrogens with zero attached hydrogens (tertiary/aromatic N) is 1. The molecular weight excluding hydrogens is 320 g/mol. The highest BCUT2D eigenvalue weighted by molar-refractivity contribution is 5.89. The van der Waals surface area contributed by atoms with Crippen LogP contribution in [0.4, 0.5) is 0 Å². The lowest BCUT2D eigenvalue weighted by molar-refractivity contribution is 0.0525. The smallest absolute Gasteiger partial charge is 0.338 e. The molecule has 1 heterocycles. The van der Waals surface area contributed by atoms with Crippen molar-refractivity contribution in [3.05, 3.63) is 59.9 Å². The SMILES string of the molecule is CCOC(=O)c1cccc(OCC(O)CNC(C)c2ccccn2)c1. The number of ether oxygens (including phenoxy) is 2. The molecule has 2 atom stereocenters. The van der Waals surface area contributed by atoms with Crippen molar-refractivity contribution in [2.45, 2.75) is 26.0 Å². The summed E-state index contributed by atoms with van der Waals surface area (Å²) in [6, 6.07) is 12.5. The van der Waals surface area contributed by atoms with Gasteiger partial charge in [-0.2, -0.15) is 0 Å². The average Bonchev–Trinajstić information content (AvgIpc) is 2.65. The fourth-order valence-electron chi connectivity index (χ4n) is 2.23. The van der Waals surface area contributed by atoms with Crippen LogP contribution in [0.2, 0.25) is 0 Å². The first-order valence-electron chi connectivity index (χ1n) is 8.32. The molecule has 1 aromatic carbocycles. The third kappa shape index (κ3) is 6.17. The van der Waals surface area contributed by atoms with Gasteiger partial charge in [0.25, 0.3) is 0 Å². The van der Waals surface area contributed by atoms with Crippen molar-refractivity contribution in [2.75, 3.05) is 19.8 Å². The number of hydrogen-bond acceptors (Lipinski definition) is 6. The number of carbonyl (C=O) groups is 1. The number of hydrogen-bond donors (Lipinski definition) is 2. The average molecular weight is 344 g/mol. The number of pyridine rings is 1. The van der Waals surface area contributed by atoms with Crippen LogP contribution >= 0.6 is 0 Å². The lowest BCUT2D eigenvalue weighted by Crippen LogP contribution is -2.33. The number of rotatable bonds is 9. The van der Waals surface area contributed by atoms with Crippen molar-refractivity contribution in [3.63, 3.8) is 0 Å². The van der Waals surface area contributed by atoms with Gasteiger partial charge in [0, 0.05) is 18.8 Å². The van der Waals surface area contributed by atoms with E-state index in [-0.39, 0.29) is 18.6 Å². The molecular formula is C19H24N2O4. The van der Waals surface area contributed by atoms with E-state index in [1.54, 1.807) is 37.4 Å². The molecule has 6 nitrogen and oxygen atoms in total. The van der Waals surface area contributed by atoms with E-state index < -0.39 is 6.10 Å². The molecule has 0 fully saturated rings. The highest BCUT2D eigenvalue weighted by Gasteiger charge is 2.11. The molecule has 0 amide bonds. The highest BCUT2D eigenvalue weighted by Crippen LogP contribution is 2.15. The predicted molar refractivity (Wildman–Crippen MR) is 94.6 cm³/mol. The fourth-order valence-corrected chi connectivity index (χ4v) is 2.23. The lowest BCUT2D eigenvalue weighted by atomic mass is 10.2. The molecule has 0 saturated heterocycles. The normalized spacial score (nSPS) is 13.1. The number of carbonyl (C=O) groups excluding carboxylic acids is 1. The van der Waals surface area contributed by atoms with E-state index >= 15 is 0 Å². The molecule has 2 N–H and O–H groups in total. The molecule has 134 valence electrons. The molecule has 1 aromatic heterocycles. The summed E-state index contributed by atoms with van der Waals surface area (Å²) < 4.78 is 10.5. The summed E-state index contributed by atoms with van der Waals surface area (Å²) in [6.07, 6.45) is 1.06. The van der Waals surface area contributed by atoms with Crippen molar-refractivity contribution in [1.29, 1.82) is 0 Å². The maximum absolute atomic E-state index is 11.7. The zero-order valence-corrected chi connectivity index (χ0v) is 14.5. The first-order valence-corrected chi connectivity index (χ1v) is 8.32. The summed E-state index contributed by atoms with van der Waals surface area (Å²) in [5.41, 5.74) is 1.34. The van der Waals surface area contributed by atoms with Crippen molar-refractivity contribution in [1.82, 2.24) is 10.3 Å². The van der Waals surface area contributed by atoms with Crippen LogP contribution in [-0.4, -0.2) is 41.9 Å². The van der Waals surface area contributed by atoms with Crippen LogP contribution in [0.15, 0.2) is 48.7 Å². The van der Waals surface area contributed by atoms with Crippen LogP contribution in [-0.2, 0) is 4.74 Å². The second-order valence-corrected chi connectivity index (χ2v) is 5.60. The van der Waals surface area contributed by atoms with Gasteiger partial charge in [0.15, 0.2) is 0 Å². The number of aromatic nitrogens is 1. The molecule has 0 aliphatic carbocycles. The molecule has 0 aliphatic heterocycles. The molecule has 0 spiro atoms. The Labute approximate surface area is 147 Å². The summed E-state index contributed by atoms with van der Waals surface area (Å²) in [5.74, 6) is 0.127. The second-order valence-electron chi connectivity index (χ2n) is 5.60. The summed E-state index contributed by atoms with van der Waals surface area (Å²) in [5, 5.41) is 13.3.